The van der Waals surface area contributed by atoms with Crippen LogP contribution < -0.4 is 0 Å². The third-order valence-electron chi connectivity index (χ3n) is 2.83. The van der Waals surface area contributed by atoms with Crippen LogP contribution in [-0.2, 0) is 13.2 Å². The summed E-state index contributed by atoms with van der Waals surface area (Å²) in [7, 11) is 2.06. The molecule has 0 unspecified atom stereocenters. The van der Waals surface area contributed by atoms with E-state index in [4.69, 9.17) is 12.2 Å². The van der Waals surface area contributed by atoms with Gasteiger partial charge in [-0.05, 0) is 38.3 Å². The first-order valence-corrected chi connectivity index (χ1v) is 8.23. The molecule has 2 aromatic heterocycles. The van der Waals surface area contributed by atoms with E-state index in [9.17, 15) is 0 Å². The Bertz CT molecular complexity index is 753. The van der Waals surface area contributed by atoms with Gasteiger partial charge in [0.2, 0.25) is 0 Å². The number of aryl methyl sites for hydroxylation is 1. The molecule has 0 radical (unpaired) electrons. The number of nitrogens with zero attached hydrogens (tertiary/aromatic N) is 4. The van der Waals surface area contributed by atoms with Gasteiger partial charge >= 0.3 is 0 Å². The van der Waals surface area contributed by atoms with Gasteiger partial charge < -0.3 is 0 Å². The summed E-state index contributed by atoms with van der Waals surface area (Å²) in [4.78, 5) is 6.82. The van der Waals surface area contributed by atoms with Crippen molar-refractivity contribution in [2.75, 3.05) is 7.05 Å². The molecule has 0 aliphatic heterocycles. The Morgan fingerprint density at radius 2 is 2.10 bits per heavy atom. The smallest absolute Gasteiger partial charge is 0.180 e. The topological polar surface area (TPSA) is 34.0 Å². The normalized spacial score (nSPS) is 11.6. The van der Waals surface area contributed by atoms with Crippen LogP contribution in [0.2, 0.25) is 0 Å². The lowest BCUT2D eigenvalue weighted by Gasteiger charge is -2.14. The van der Waals surface area contributed by atoms with Crippen molar-refractivity contribution in [3.8, 4) is 0 Å². The highest BCUT2D eigenvalue weighted by atomic mass is 32.1. The van der Waals surface area contributed by atoms with Crippen molar-refractivity contribution in [3.63, 3.8) is 0 Å². The lowest BCUT2D eigenvalue weighted by Crippen LogP contribution is -2.22. The van der Waals surface area contributed by atoms with E-state index in [0.717, 1.165) is 26.0 Å². The third-order valence-corrected chi connectivity index (χ3v) is 5.07. The minimum atomic E-state index is 0.694. The van der Waals surface area contributed by atoms with Crippen LogP contribution >= 0.6 is 34.9 Å². The van der Waals surface area contributed by atoms with E-state index in [1.165, 1.54) is 4.70 Å². The van der Waals surface area contributed by atoms with Gasteiger partial charge in [-0.2, -0.15) is 5.10 Å². The van der Waals surface area contributed by atoms with Crippen molar-refractivity contribution in [2.24, 2.45) is 0 Å². The molecule has 1 aromatic carbocycles. The maximum Gasteiger partial charge on any atom is 0.180 e. The highest BCUT2D eigenvalue weighted by molar-refractivity contribution is 7.73. The molecule has 4 nitrogen and oxygen atoms in total. The number of hydrogen-bond acceptors (Lipinski definition) is 6. The van der Waals surface area contributed by atoms with E-state index in [0.29, 0.717) is 6.67 Å². The quantitative estimate of drug-likeness (QED) is 0.686. The Kier molecular flexibility index (Phi) is 3.93. The fourth-order valence-corrected chi connectivity index (χ4v) is 4.10. The molecule has 0 saturated carbocycles. The van der Waals surface area contributed by atoms with Gasteiger partial charge in [0.1, 0.15) is 10.0 Å². The van der Waals surface area contributed by atoms with Gasteiger partial charge in [0.05, 0.1) is 23.4 Å². The first-order chi connectivity index (χ1) is 9.61. The molecule has 0 fully saturated rings. The fourth-order valence-electron chi connectivity index (χ4n) is 2.00. The number of thiazole rings is 1. The van der Waals surface area contributed by atoms with Gasteiger partial charge in [-0.3, -0.25) is 4.90 Å². The van der Waals surface area contributed by atoms with Crippen LogP contribution in [0.5, 0.6) is 0 Å². The van der Waals surface area contributed by atoms with Crippen LogP contribution in [0.25, 0.3) is 10.2 Å². The van der Waals surface area contributed by atoms with E-state index in [1.54, 1.807) is 22.7 Å². The Morgan fingerprint density at radius 3 is 2.80 bits per heavy atom. The Morgan fingerprint density at radius 1 is 1.30 bits per heavy atom. The first-order valence-electron chi connectivity index (χ1n) is 6.19. The van der Waals surface area contributed by atoms with Crippen molar-refractivity contribution in [1.82, 2.24) is 19.7 Å². The van der Waals surface area contributed by atoms with Gasteiger partial charge in [0.15, 0.2) is 3.95 Å². The number of rotatable bonds is 4. The zero-order valence-corrected chi connectivity index (χ0v) is 13.7. The lowest BCUT2D eigenvalue weighted by molar-refractivity contribution is 0.244. The van der Waals surface area contributed by atoms with Crippen molar-refractivity contribution in [2.45, 2.75) is 20.1 Å². The number of para-hydroxylation sites is 1. The second kappa shape index (κ2) is 5.69. The number of fused-ring (bicyclic) bond motifs is 1. The Hall–Kier alpha value is -1.15. The Balaban J connectivity index is 1.73. The molecule has 0 spiro atoms. The summed E-state index contributed by atoms with van der Waals surface area (Å²) in [5.41, 5.74) is 1.07. The van der Waals surface area contributed by atoms with Crippen LogP contribution in [0.1, 0.15) is 10.0 Å². The molecule has 0 atom stereocenters. The molecule has 0 aliphatic carbocycles. The molecule has 0 saturated heterocycles. The second-order valence-corrected chi connectivity index (χ2v) is 7.56. The summed E-state index contributed by atoms with van der Waals surface area (Å²) in [5, 5.41) is 6.53. The van der Waals surface area contributed by atoms with Crippen molar-refractivity contribution in [3.05, 3.63) is 38.2 Å². The SMILES string of the molecule is Cc1nn(CN(C)Cc2nc3ccccc3s2)c(=S)s1. The van der Waals surface area contributed by atoms with Crippen LogP contribution in [0.4, 0.5) is 0 Å². The van der Waals surface area contributed by atoms with E-state index in [1.807, 2.05) is 23.7 Å². The molecule has 20 heavy (non-hydrogen) atoms. The maximum absolute atomic E-state index is 5.29. The highest BCUT2D eigenvalue weighted by Crippen LogP contribution is 2.22. The number of hydrogen-bond donors (Lipinski definition) is 0. The molecule has 0 aliphatic rings. The van der Waals surface area contributed by atoms with E-state index in [-0.39, 0.29) is 0 Å². The van der Waals surface area contributed by atoms with E-state index < -0.39 is 0 Å². The predicted molar refractivity (Wildman–Crippen MR) is 86.8 cm³/mol. The zero-order valence-electron chi connectivity index (χ0n) is 11.2. The zero-order chi connectivity index (χ0) is 14.1. The van der Waals surface area contributed by atoms with Gasteiger partial charge in [0, 0.05) is 0 Å². The molecule has 104 valence electrons. The first kappa shape index (κ1) is 13.8. The molecule has 0 N–H and O–H groups in total. The van der Waals surface area contributed by atoms with Crippen molar-refractivity contribution >= 4 is 45.1 Å². The average molecular weight is 322 g/mol. The van der Waals surface area contributed by atoms with E-state index in [2.05, 4.69) is 34.2 Å². The van der Waals surface area contributed by atoms with Crippen LogP contribution in [0, 0.1) is 10.9 Å². The van der Waals surface area contributed by atoms with Crippen LogP contribution in [-0.4, -0.2) is 26.7 Å². The molecule has 2 heterocycles. The minimum absolute atomic E-state index is 0.694. The number of aromatic nitrogens is 3. The summed E-state index contributed by atoms with van der Waals surface area (Å²) in [6.07, 6.45) is 0. The molecule has 0 amide bonds. The van der Waals surface area contributed by atoms with E-state index >= 15 is 0 Å². The van der Waals surface area contributed by atoms with Gasteiger partial charge in [-0.15, -0.1) is 11.3 Å². The molecular formula is C13H14N4S3. The molecule has 0 bridgehead atoms. The van der Waals surface area contributed by atoms with Crippen LogP contribution in [0.3, 0.4) is 0 Å². The van der Waals surface area contributed by atoms with Crippen LogP contribution in [0.15, 0.2) is 24.3 Å². The van der Waals surface area contributed by atoms with Gasteiger partial charge in [0.25, 0.3) is 0 Å². The van der Waals surface area contributed by atoms with Gasteiger partial charge in [-0.1, -0.05) is 23.5 Å². The largest absolute Gasteiger partial charge is 0.281 e. The summed E-state index contributed by atoms with van der Waals surface area (Å²) in [5.74, 6) is 0. The maximum atomic E-state index is 5.29. The summed E-state index contributed by atoms with van der Waals surface area (Å²) in [6.45, 7) is 3.47. The highest BCUT2D eigenvalue weighted by Gasteiger charge is 2.08. The molecular weight excluding hydrogens is 308 g/mol. The third kappa shape index (κ3) is 2.95. The summed E-state index contributed by atoms with van der Waals surface area (Å²) >= 11 is 8.58. The molecule has 3 rings (SSSR count). The van der Waals surface area contributed by atoms with Crippen molar-refractivity contribution < 1.29 is 0 Å². The minimum Gasteiger partial charge on any atom is -0.281 e. The predicted octanol–water partition coefficient (Wildman–Crippen LogP) is 3.68. The lowest BCUT2D eigenvalue weighted by atomic mass is 10.3. The average Bonchev–Trinajstić information content (AvgIpc) is 2.92. The monoisotopic (exact) mass is 322 g/mol. The Labute approximate surface area is 130 Å². The molecule has 7 heteroatoms. The standard InChI is InChI=1S/C13H14N4S3/c1-9-15-17(13(18)19-9)8-16(2)7-12-14-10-5-3-4-6-11(10)20-12/h3-6H,7-8H2,1-2H3. The second-order valence-electron chi connectivity index (χ2n) is 4.62. The number of benzene rings is 1. The van der Waals surface area contributed by atoms with Crippen molar-refractivity contribution in [1.29, 1.82) is 0 Å². The van der Waals surface area contributed by atoms with Gasteiger partial charge in [-0.25, -0.2) is 9.67 Å². The fraction of sp³-hybridized carbons (Fsp3) is 0.308. The summed E-state index contributed by atoms with van der Waals surface area (Å²) in [6, 6.07) is 8.23. The summed E-state index contributed by atoms with van der Waals surface area (Å²) < 4.78 is 3.92. The molecule has 3 aromatic rings.